The second kappa shape index (κ2) is 17.1. The smallest absolute Gasteiger partial charge is 0.258 e. The van der Waals surface area contributed by atoms with Crippen LogP contribution in [0.5, 0.6) is 11.5 Å². The quantitative estimate of drug-likeness (QED) is 0.305. The van der Waals surface area contributed by atoms with Crippen LogP contribution in [0.1, 0.15) is 66.3 Å². The lowest BCUT2D eigenvalue weighted by molar-refractivity contribution is -0.0177. The Kier molecular flexibility index (Phi) is 13.0. The average Bonchev–Trinajstić information content (AvgIpc) is 3.06. The minimum Gasteiger partial charge on any atom is -0.497 e. The predicted octanol–water partition coefficient (Wildman–Crippen LogP) is 5.88. The van der Waals surface area contributed by atoms with E-state index in [1.54, 1.807) is 54.5 Å². The van der Waals surface area contributed by atoms with Crippen molar-refractivity contribution in [3.8, 4) is 11.5 Å². The SMILES string of the molecule is COc1ccc(CN(C)C[C@@H]2OCCCC[C@@H](C)Oc3ccc(NC(=O)c4ccccc4)cc3C(=O)N([C@@H](C)CO)C[C@@H]2C)cc1. The number of hydrogen-bond donors (Lipinski definition) is 2. The van der Waals surface area contributed by atoms with E-state index in [0.29, 0.717) is 42.3 Å². The van der Waals surface area contributed by atoms with Crippen LogP contribution in [0.4, 0.5) is 5.69 Å². The fourth-order valence-corrected chi connectivity index (χ4v) is 5.67. The molecule has 0 fully saturated rings. The van der Waals surface area contributed by atoms with E-state index in [2.05, 4.69) is 36.3 Å². The number of aliphatic hydroxyl groups is 1. The minimum atomic E-state index is -0.451. The number of aliphatic hydroxyl groups excluding tert-OH is 1. The Balaban J connectivity index is 1.59. The number of amides is 2. The monoisotopic (exact) mass is 631 g/mol. The summed E-state index contributed by atoms with van der Waals surface area (Å²) in [5.74, 6) is 0.708. The Morgan fingerprint density at radius 1 is 1.09 bits per heavy atom. The van der Waals surface area contributed by atoms with Gasteiger partial charge >= 0.3 is 0 Å². The third-order valence-corrected chi connectivity index (χ3v) is 8.45. The number of nitrogens with one attached hydrogen (secondary N) is 1. The van der Waals surface area contributed by atoms with E-state index in [-0.39, 0.29) is 36.5 Å². The lowest BCUT2D eigenvalue weighted by Gasteiger charge is -2.36. The Morgan fingerprint density at radius 2 is 1.83 bits per heavy atom. The number of carbonyl (C=O) groups is 2. The molecule has 1 heterocycles. The van der Waals surface area contributed by atoms with Crippen LogP contribution >= 0.6 is 0 Å². The Bertz CT molecular complexity index is 1400. The highest BCUT2D eigenvalue weighted by Crippen LogP contribution is 2.29. The van der Waals surface area contributed by atoms with Gasteiger partial charge in [-0.25, -0.2) is 0 Å². The van der Waals surface area contributed by atoms with Crippen molar-refractivity contribution >= 4 is 17.5 Å². The highest BCUT2D eigenvalue weighted by atomic mass is 16.5. The minimum absolute atomic E-state index is 0.0385. The number of fused-ring (bicyclic) bond motifs is 1. The zero-order valence-electron chi connectivity index (χ0n) is 27.8. The zero-order valence-corrected chi connectivity index (χ0v) is 27.8. The van der Waals surface area contributed by atoms with Crippen LogP contribution in [0.25, 0.3) is 0 Å². The number of benzene rings is 3. The molecule has 0 aromatic heterocycles. The van der Waals surface area contributed by atoms with Crippen molar-refractivity contribution in [1.29, 1.82) is 0 Å². The molecule has 9 nitrogen and oxygen atoms in total. The van der Waals surface area contributed by atoms with E-state index < -0.39 is 6.04 Å². The van der Waals surface area contributed by atoms with E-state index in [0.717, 1.165) is 31.6 Å². The molecule has 4 rings (SSSR count). The number of anilines is 1. The Hall–Kier alpha value is -3.92. The summed E-state index contributed by atoms with van der Waals surface area (Å²) >= 11 is 0. The van der Waals surface area contributed by atoms with E-state index in [1.165, 1.54) is 5.56 Å². The first-order valence-electron chi connectivity index (χ1n) is 16.2. The van der Waals surface area contributed by atoms with Crippen LogP contribution in [0.3, 0.4) is 0 Å². The standard InChI is InChI=1S/C37H49N3O6/c1-26-22-40(27(2)25-41)37(43)33-21-31(38-36(42)30-12-7-6-8-13-30)16-19-34(33)46-28(3)11-9-10-20-45-35(26)24-39(4)23-29-14-17-32(44-5)18-15-29/h6-8,12-19,21,26-28,35,41H,9-11,20,22-25H2,1-5H3,(H,38,42)/t26-,27-,28+,35-/m0/s1. The molecular formula is C37H49N3O6. The first-order valence-corrected chi connectivity index (χ1v) is 16.2. The van der Waals surface area contributed by atoms with E-state index >= 15 is 0 Å². The van der Waals surface area contributed by atoms with Gasteiger partial charge in [-0.3, -0.25) is 14.5 Å². The topological polar surface area (TPSA) is 101 Å². The number of nitrogens with zero attached hydrogens (tertiary/aromatic N) is 2. The summed E-state index contributed by atoms with van der Waals surface area (Å²) in [7, 11) is 3.74. The van der Waals surface area contributed by atoms with Crippen LogP contribution in [0.15, 0.2) is 72.8 Å². The number of rotatable bonds is 9. The lowest BCUT2D eigenvalue weighted by atomic mass is 10.0. The molecule has 0 saturated carbocycles. The van der Waals surface area contributed by atoms with Crippen LogP contribution in [0.2, 0.25) is 0 Å². The molecule has 0 spiro atoms. The molecule has 0 bridgehead atoms. The van der Waals surface area contributed by atoms with Gasteiger partial charge in [-0.2, -0.15) is 0 Å². The molecule has 2 N–H and O–H groups in total. The maximum Gasteiger partial charge on any atom is 0.258 e. The van der Waals surface area contributed by atoms with Crippen LogP contribution in [0, 0.1) is 5.92 Å². The van der Waals surface area contributed by atoms with Gasteiger partial charge in [0.1, 0.15) is 11.5 Å². The van der Waals surface area contributed by atoms with Crippen molar-refractivity contribution in [3.63, 3.8) is 0 Å². The van der Waals surface area contributed by atoms with Gasteiger partial charge in [0.2, 0.25) is 0 Å². The van der Waals surface area contributed by atoms with Gasteiger partial charge in [-0.05, 0) is 88.2 Å². The second-order valence-corrected chi connectivity index (χ2v) is 12.4. The van der Waals surface area contributed by atoms with Crippen molar-refractivity contribution in [1.82, 2.24) is 9.80 Å². The molecule has 1 aliphatic rings. The maximum atomic E-state index is 14.4. The van der Waals surface area contributed by atoms with Crippen molar-refractivity contribution in [2.75, 3.05) is 45.8 Å². The Labute approximate surface area is 273 Å². The number of hydrogen-bond acceptors (Lipinski definition) is 7. The highest BCUT2D eigenvalue weighted by Gasteiger charge is 2.30. The molecule has 3 aromatic carbocycles. The maximum absolute atomic E-state index is 14.4. The molecule has 0 radical (unpaired) electrons. The van der Waals surface area contributed by atoms with Crippen molar-refractivity contribution in [2.45, 2.75) is 64.8 Å². The summed E-state index contributed by atoms with van der Waals surface area (Å²) in [5.41, 5.74) is 2.52. The second-order valence-electron chi connectivity index (χ2n) is 12.4. The van der Waals surface area contributed by atoms with Gasteiger partial charge in [0, 0.05) is 43.4 Å². The molecule has 46 heavy (non-hydrogen) atoms. The molecule has 9 heteroatoms. The third-order valence-electron chi connectivity index (χ3n) is 8.45. The molecule has 2 amide bonds. The van der Waals surface area contributed by atoms with Gasteiger partial charge in [-0.15, -0.1) is 0 Å². The fraction of sp³-hybridized carbons (Fsp3) is 0.459. The van der Waals surface area contributed by atoms with Crippen molar-refractivity contribution in [2.24, 2.45) is 5.92 Å². The van der Waals surface area contributed by atoms with Gasteiger partial charge < -0.3 is 29.5 Å². The zero-order chi connectivity index (χ0) is 33.1. The largest absolute Gasteiger partial charge is 0.497 e. The first-order chi connectivity index (χ1) is 22.2. The molecule has 1 aliphatic heterocycles. The van der Waals surface area contributed by atoms with Gasteiger partial charge in [0.05, 0.1) is 37.5 Å². The summed E-state index contributed by atoms with van der Waals surface area (Å²) < 4.78 is 18.1. The molecule has 0 unspecified atom stereocenters. The van der Waals surface area contributed by atoms with Gasteiger partial charge in [0.25, 0.3) is 11.8 Å². The summed E-state index contributed by atoms with van der Waals surface area (Å²) in [6.07, 6.45) is 2.35. The van der Waals surface area contributed by atoms with E-state index in [4.69, 9.17) is 14.2 Å². The molecule has 0 aliphatic carbocycles. The molecule has 0 saturated heterocycles. The number of ether oxygens (including phenoxy) is 3. The van der Waals surface area contributed by atoms with E-state index in [1.807, 2.05) is 32.0 Å². The summed E-state index contributed by atoms with van der Waals surface area (Å²) in [5, 5.41) is 13.2. The summed E-state index contributed by atoms with van der Waals surface area (Å²) in [4.78, 5) is 31.2. The fourth-order valence-electron chi connectivity index (χ4n) is 5.67. The normalized spacial score (nSPS) is 20.3. The van der Waals surface area contributed by atoms with Gasteiger partial charge in [0.15, 0.2) is 0 Å². The number of likely N-dealkylation sites (N-methyl/N-ethyl adjacent to an activating group) is 1. The van der Waals surface area contributed by atoms with Gasteiger partial charge in [-0.1, -0.05) is 37.3 Å². The predicted molar refractivity (Wildman–Crippen MR) is 181 cm³/mol. The summed E-state index contributed by atoms with van der Waals surface area (Å²) in [6.45, 7) is 8.14. The lowest BCUT2D eigenvalue weighted by Crippen LogP contribution is -2.47. The molecule has 4 atom stereocenters. The van der Waals surface area contributed by atoms with Crippen molar-refractivity contribution in [3.05, 3.63) is 89.5 Å². The Morgan fingerprint density at radius 3 is 2.52 bits per heavy atom. The molecular weight excluding hydrogens is 582 g/mol. The number of methoxy groups -OCH3 is 1. The van der Waals surface area contributed by atoms with Crippen molar-refractivity contribution < 1.29 is 28.9 Å². The number of carbonyl (C=O) groups excluding carboxylic acids is 2. The summed E-state index contributed by atoms with van der Waals surface area (Å²) in [6, 6.07) is 21.7. The van der Waals surface area contributed by atoms with E-state index in [9.17, 15) is 14.7 Å². The molecule has 248 valence electrons. The highest BCUT2D eigenvalue weighted by molar-refractivity contribution is 6.05. The van der Waals surface area contributed by atoms with Crippen LogP contribution in [-0.2, 0) is 11.3 Å². The van der Waals surface area contributed by atoms with Crippen LogP contribution in [-0.4, -0.2) is 85.4 Å². The average molecular weight is 632 g/mol. The third kappa shape index (κ3) is 9.79. The molecule has 3 aromatic rings. The first kappa shape index (κ1) is 34.9. The van der Waals surface area contributed by atoms with Crippen LogP contribution < -0.4 is 14.8 Å².